The van der Waals surface area contributed by atoms with Gasteiger partial charge in [-0.2, -0.15) is 0 Å². The molecule has 1 aliphatic heterocycles. The predicted octanol–water partition coefficient (Wildman–Crippen LogP) is 2.11. The standard InChI is InChI=1S/C16H23N3O/c1-12-7-15-16(8-13(12)2)19(11-17-15)10-14(20)9-18-5-3-4-6-18/h7-8,11,14,20H,3-6,9-10H2,1-2H3/t14-/m0/s1. The molecule has 3 rings (SSSR count). The maximum absolute atomic E-state index is 10.3. The summed E-state index contributed by atoms with van der Waals surface area (Å²) in [5.41, 5.74) is 4.67. The van der Waals surface area contributed by atoms with E-state index >= 15 is 0 Å². The van der Waals surface area contributed by atoms with Gasteiger partial charge < -0.3 is 14.6 Å². The smallest absolute Gasteiger partial charge is 0.0959 e. The highest BCUT2D eigenvalue weighted by atomic mass is 16.3. The van der Waals surface area contributed by atoms with Gasteiger partial charge >= 0.3 is 0 Å². The van der Waals surface area contributed by atoms with Crippen molar-refractivity contribution in [2.45, 2.75) is 39.3 Å². The van der Waals surface area contributed by atoms with Crippen LogP contribution in [0.2, 0.25) is 0 Å². The molecule has 20 heavy (non-hydrogen) atoms. The first kappa shape index (κ1) is 13.6. The van der Waals surface area contributed by atoms with Gasteiger partial charge in [-0.25, -0.2) is 4.98 Å². The Kier molecular flexibility index (Phi) is 3.76. The maximum Gasteiger partial charge on any atom is 0.0959 e. The van der Waals surface area contributed by atoms with Crippen LogP contribution in [0, 0.1) is 13.8 Å². The highest BCUT2D eigenvalue weighted by Gasteiger charge is 2.16. The van der Waals surface area contributed by atoms with Crippen LogP contribution >= 0.6 is 0 Å². The van der Waals surface area contributed by atoms with Crippen molar-refractivity contribution in [3.63, 3.8) is 0 Å². The van der Waals surface area contributed by atoms with E-state index in [1.165, 1.54) is 24.0 Å². The van der Waals surface area contributed by atoms with Crippen LogP contribution in [0.1, 0.15) is 24.0 Å². The van der Waals surface area contributed by atoms with Gasteiger partial charge in [0.1, 0.15) is 0 Å². The first-order valence-electron chi connectivity index (χ1n) is 7.46. The number of rotatable bonds is 4. The molecule has 4 heteroatoms. The first-order valence-corrected chi connectivity index (χ1v) is 7.46. The number of benzene rings is 1. The molecule has 0 amide bonds. The summed E-state index contributed by atoms with van der Waals surface area (Å²) in [5.74, 6) is 0. The Balaban J connectivity index is 1.75. The van der Waals surface area contributed by atoms with E-state index < -0.39 is 0 Å². The van der Waals surface area contributed by atoms with Crippen LogP contribution in [-0.4, -0.2) is 45.3 Å². The maximum atomic E-state index is 10.3. The second kappa shape index (κ2) is 5.54. The minimum atomic E-state index is -0.327. The molecule has 2 heterocycles. The Morgan fingerprint density at radius 3 is 2.60 bits per heavy atom. The molecule has 1 N–H and O–H groups in total. The normalized spacial score (nSPS) is 17.9. The van der Waals surface area contributed by atoms with Gasteiger partial charge in [0, 0.05) is 6.54 Å². The third kappa shape index (κ3) is 2.72. The van der Waals surface area contributed by atoms with E-state index in [0.717, 1.165) is 30.7 Å². The highest BCUT2D eigenvalue weighted by molar-refractivity contribution is 5.77. The van der Waals surface area contributed by atoms with Crippen molar-refractivity contribution in [3.8, 4) is 0 Å². The number of fused-ring (bicyclic) bond motifs is 1. The number of imidazole rings is 1. The van der Waals surface area contributed by atoms with Crippen molar-refractivity contribution in [1.29, 1.82) is 0 Å². The second-order valence-corrected chi connectivity index (χ2v) is 5.98. The zero-order chi connectivity index (χ0) is 14.1. The lowest BCUT2D eigenvalue weighted by Gasteiger charge is -2.19. The topological polar surface area (TPSA) is 41.3 Å². The molecule has 0 aliphatic carbocycles. The number of hydrogen-bond acceptors (Lipinski definition) is 3. The summed E-state index contributed by atoms with van der Waals surface area (Å²) in [5, 5.41) is 10.3. The predicted molar refractivity (Wildman–Crippen MR) is 80.9 cm³/mol. The Labute approximate surface area is 120 Å². The molecule has 1 aliphatic rings. The highest BCUT2D eigenvalue weighted by Crippen LogP contribution is 2.19. The van der Waals surface area contributed by atoms with E-state index in [2.05, 4.69) is 40.4 Å². The molecule has 0 unspecified atom stereocenters. The lowest BCUT2D eigenvalue weighted by Crippen LogP contribution is -2.32. The third-order valence-corrected chi connectivity index (χ3v) is 4.31. The fraction of sp³-hybridized carbons (Fsp3) is 0.562. The molecule has 1 fully saturated rings. The number of aryl methyl sites for hydroxylation is 2. The summed E-state index contributed by atoms with van der Waals surface area (Å²) in [7, 11) is 0. The van der Waals surface area contributed by atoms with Gasteiger partial charge in [0.25, 0.3) is 0 Å². The van der Waals surface area contributed by atoms with Gasteiger partial charge in [0.15, 0.2) is 0 Å². The van der Waals surface area contributed by atoms with Gasteiger partial charge in [-0.05, 0) is 63.0 Å². The van der Waals surface area contributed by atoms with Gasteiger partial charge in [-0.3, -0.25) is 0 Å². The van der Waals surface area contributed by atoms with Crippen molar-refractivity contribution in [1.82, 2.24) is 14.5 Å². The van der Waals surface area contributed by atoms with Gasteiger partial charge in [0.2, 0.25) is 0 Å². The molecule has 1 aromatic carbocycles. The average Bonchev–Trinajstić information content (AvgIpc) is 3.02. The number of aromatic nitrogens is 2. The summed E-state index contributed by atoms with van der Waals surface area (Å²) in [6.07, 6.45) is 4.04. The van der Waals surface area contributed by atoms with Crippen LogP contribution in [0.25, 0.3) is 11.0 Å². The van der Waals surface area contributed by atoms with Crippen LogP contribution in [0.3, 0.4) is 0 Å². The SMILES string of the molecule is Cc1cc2ncn(C[C@@H](O)CN3CCCC3)c2cc1C. The van der Waals surface area contributed by atoms with E-state index in [0.29, 0.717) is 6.54 Å². The fourth-order valence-corrected chi connectivity index (χ4v) is 3.01. The molecule has 4 nitrogen and oxygen atoms in total. The number of nitrogens with zero attached hydrogens (tertiary/aromatic N) is 3. The molecule has 0 saturated carbocycles. The molecule has 108 valence electrons. The van der Waals surface area contributed by atoms with Crippen molar-refractivity contribution in [2.24, 2.45) is 0 Å². The Morgan fingerprint density at radius 2 is 1.85 bits per heavy atom. The molecule has 1 atom stereocenters. The van der Waals surface area contributed by atoms with Crippen LogP contribution in [0.5, 0.6) is 0 Å². The number of hydrogen-bond donors (Lipinski definition) is 1. The fourth-order valence-electron chi connectivity index (χ4n) is 3.01. The van der Waals surface area contributed by atoms with E-state index in [9.17, 15) is 5.11 Å². The van der Waals surface area contributed by atoms with E-state index in [1.807, 2.05) is 6.33 Å². The molecular weight excluding hydrogens is 250 g/mol. The summed E-state index contributed by atoms with van der Waals surface area (Å²) in [4.78, 5) is 6.79. The molecule has 1 saturated heterocycles. The molecule has 1 aromatic heterocycles. The van der Waals surface area contributed by atoms with Crippen LogP contribution < -0.4 is 0 Å². The monoisotopic (exact) mass is 273 g/mol. The molecule has 2 aromatic rings. The van der Waals surface area contributed by atoms with Crippen LogP contribution in [0.4, 0.5) is 0 Å². The molecule has 0 radical (unpaired) electrons. The minimum Gasteiger partial charge on any atom is -0.390 e. The van der Waals surface area contributed by atoms with Crippen molar-refractivity contribution in [2.75, 3.05) is 19.6 Å². The zero-order valence-corrected chi connectivity index (χ0v) is 12.3. The average molecular weight is 273 g/mol. The minimum absolute atomic E-state index is 0.327. The lowest BCUT2D eigenvalue weighted by molar-refractivity contribution is 0.110. The quantitative estimate of drug-likeness (QED) is 0.927. The summed E-state index contributed by atoms with van der Waals surface area (Å²) < 4.78 is 2.07. The van der Waals surface area contributed by atoms with Gasteiger partial charge in [-0.1, -0.05) is 0 Å². The second-order valence-electron chi connectivity index (χ2n) is 5.98. The number of aliphatic hydroxyl groups excluding tert-OH is 1. The van der Waals surface area contributed by atoms with E-state index in [4.69, 9.17) is 0 Å². The van der Waals surface area contributed by atoms with Gasteiger partial charge in [-0.15, -0.1) is 0 Å². The number of β-amino-alcohol motifs (C(OH)–C–C–N with tert-alkyl or cyclic N) is 1. The van der Waals surface area contributed by atoms with Crippen molar-refractivity contribution in [3.05, 3.63) is 29.6 Å². The third-order valence-electron chi connectivity index (χ3n) is 4.31. The lowest BCUT2D eigenvalue weighted by atomic mass is 10.1. The van der Waals surface area contributed by atoms with Crippen LogP contribution in [-0.2, 0) is 6.54 Å². The van der Waals surface area contributed by atoms with Crippen molar-refractivity contribution >= 4 is 11.0 Å². The number of likely N-dealkylation sites (tertiary alicyclic amines) is 1. The first-order chi connectivity index (χ1) is 9.63. The molecule has 0 spiro atoms. The summed E-state index contributed by atoms with van der Waals surface area (Å²) in [6, 6.07) is 4.29. The van der Waals surface area contributed by atoms with Crippen molar-refractivity contribution < 1.29 is 5.11 Å². The van der Waals surface area contributed by atoms with Crippen LogP contribution in [0.15, 0.2) is 18.5 Å². The number of aliphatic hydroxyl groups is 1. The Bertz CT molecular complexity index is 599. The van der Waals surface area contributed by atoms with E-state index in [-0.39, 0.29) is 6.10 Å². The zero-order valence-electron chi connectivity index (χ0n) is 12.3. The Hall–Kier alpha value is -1.39. The largest absolute Gasteiger partial charge is 0.390 e. The Morgan fingerprint density at radius 1 is 1.15 bits per heavy atom. The molecular formula is C16H23N3O. The summed E-state index contributed by atoms with van der Waals surface area (Å²) in [6.45, 7) is 7.86. The molecule has 0 bridgehead atoms. The summed E-state index contributed by atoms with van der Waals surface area (Å²) >= 11 is 0. The van der Waals surface area contributed by atoms with E-state index in [1.54, 1.807) is 0 Å². The van der Waals surface area contributed by atoms with Gasteiger partial charge in [0.05, 0.1) is 30.0 Å².